The Kier molecular flexibility index (Phi) is 8.33. The number of hydrogen-bond donors (Lipinski definition) is 1. The van der Waals surface area contributed by atoms with E-state index in [1.54, 1.807) is 67.6 Å². The summed E-state index contributed by atoms with van der Waals surface area (Å²) in [5.74, 6) is -2.17. The number of carboxylic acids is 1. The van der Waals surface area contributed by atoms with Crippen molar-refractivity contribution in [1.82, 2.24) is 9.13 Å². The van der Waals surface area contributed by atoms with Gasteiger partial charge in [-0.3, -0.25) is 9.36 Å². The number of esters is 1. The van der Waals surface area contributed by atoms with Crippen LogP contribution in [0.4, 0.5) is 13.2 Å². The summed E-state index contributed by atoms with van der Waals surface area (Å²) in [7, 11) is 1.36. The van der Waals surface area contributed by atoms with Crippen LogP contribution < -0.4 is 19.6 Å². The molecule has 0 amide bonds. The van der Waals surface area contributed by atoms with Crippen LogP contribution in [0.2, 0.25) is 0 Å². The van der Waals surface area contributed by atoms with E-state index in [4.69, 9.17) is 9.47 Å². The lowest BCUT2D eigenvalue weighted by Gasteiger charge is -2.28. The fraction of sp³-hybridized carbons (Fsp3) is 0.200. The van der Waals surface area contributed by atoms with Crippen molar-refractivity contribution in [3.63, 3.8) is 0 Å². The largest absolute Gasteiger partial charge is 0.496 e. The molecule has 0 saturated carbocycles. The van der Waals surface area contributed by atoms with Gasteiger partial charge in [0, 0.05) is 22.6 Å². The summed E-state index contributed by atoms with van der Waals surface area (Å²) in [4.78, 5) is 43.0. The number of ether oxygens (including phenoxy) is 2. The Balaban J connectivity index is 1.65. The van der Waals surface area contributed by atoms with Gasteiger partial charge >= 0.3 is 18.1 Å². The van der Waals surface area contributed by atoms with E-state index in [1.807, 2.05) is 11.5 Å². The second-order valence-corrected chi connectivity index (χ2v) is 12.0. The van der Waals surface area contributed by atoms with E-state index in [1.165, 1.54) is 26.2 Å². The molecule has 9 nitrogen and oxygen atoms in total. The van der Waals surface area contributed by atoms with Crippen molar-refractivity contribution in [1.29, 1.82) is 0 Å². The molecule has 0 radical (unpaired) electrons. The first-order valence-corrected chi connectivity index (χ1v) is 15.6. The van der Waals surface area contributed by atoms with Gasteiger partial charge in [-0.25, -0.2) is 14.6 Å². The summed E-state index contributed by atoms with van der Waals surface area (Å²) in [5.41, 5.74) is -0.107. The fourth-order valence-corrected chi connectivity index (χ4v) is 7.09. The van der Waals surface area contributed by atoms with E-state index in [0.717, 1.165) is 21.6 Å². The van der Waals surface area contributed by atoms with Crippen LogP contribution in [0, 0.1) is 13.8 Å². The Morgan fingerprint density at radius 1 is 1.06 bits per heavy atom. The Morgan fingerprint density at radius 3 is 2.50 bits per heavy atom. The Hall–Kier alpha value is -5.43. The monoisotopic (exact) mass is 675 g/mol. The first-order valence-electron chi connectivity index (χ1n) is 14.7. The second-order valence-electron chi connectivity index (χ2n) is 11.0. The lowest BCUT2D eigenvalue weighted by molar-refractivity contribution is -0.140. The molecule has 48 heavy (non-hydrogen) atoms. The summed E-state index contributed by atoms with van der Waals surface area (Å²) < 4.78 is 58.0. The van der Waals surface area contributed by atoms with E-state index in [0.29, 0.717) is 27.7 Å². The van der Waals surface area contributed by atoms with Gasteiger partial charge in [-0.1, -0.05) is 47.7 Å². The normalized spacial score (nSPS) is 15.0. The number of aromatic carboxylic acids is 1. The van der Waals surface area contributed by atoms with E-state index in [-0.39, 0.29) is 32.8 Å². The number of carboxylic acid groups (broad SMARTS) is 1. The van der Waals surface area contributed by atoms with Crippen molar-refractivity contribution in [2.24, 2.45) is 4.99 Å². The van der Waals surface area contributed by atoms with Gasteiger partial charge in [-0.2, -0.15) is 13.2 Å². The second kappa shape index (κ2) is 12.3. The highest BCUT2D eigenvalue weighted by molar-refractivity contribution is 7.07. The maximum Gasteiger partial charge on any atom is 0.434 e. The third-order valence-corrected chi connectivity index (χ3v) is 9.11. The number of aryl methyl sites for hydroxylation is 1. The van der Waals surface area contributed by atoms with Gasteiger partial charge in [0.25, 0.3) is 5.56 Å². The highest BCUT2D eigenvalue weighted by Crippen LogP contribution is 2.43. The lowest BCUT2D eigenvalue weighted by Crippen LogP contribution is -2.41. The molecule has 1 N–H and O–H groups in total. The van der Waals surface area contributed by atoms with E-state index in [9.17, 15) is 32.7 Å². The SMILES string of the molecule is CCOC(=O)C1=C(C(F)(F)F)N=c2s/c(=C\c3cc(C)n(-c4cccc(C(=O)O)c4)c3C)c(=O)n2[C@@H]1c1c(OC)ccc2ccccc12. The Labute approximate surface area is 275 Å². The minimum Gasteiger partial charge on any atom is -0.496 e. The summed E-state index contributed by atoms with van der Waals surface area (Å²) in [6, 6.07) is 16.8. The van der Waals surface area contributed by atoms with E-state index >= 15 is 0 Å². The van der Waals surface area contributed by atoms with Gasteiger partial charge in [-0.15, -0.1) is 0 Å². The average molecular weight is 676 g/mol. The predicted molar refractivity (Wildman–Crippen MR) is 173 cm³/mol. The molecule has 0 saturated heterocycles. The number of methoxy groups -OCH3 is 1. The topological polar surface area (TPSA) is 112 Å². The molecule has 13 heteroatoms. The van der Waals surface area contributed by atoms with Gasteiger partial charge < -0.3 is 19.1 Å². The molecule has 1 atom stereocenters. The third kappa shape index (κ3) is 5.49. The van der Waals surface area contributed by atoms with Gasteiger partial charge in [0.05, 0.1) is 29.4 Å². The molecule has 0 aliphatic carbocycles. The van der Waals surface area contributed by atoms with Crippen molar-refractivity contribution in [3.8, 4) is 11.4 Å². The van der Waals surface area contributed by atoms with Crippen LogP contribution in [0.15, 0.2) is 87.8 Å². The van der Waals surface area contributed by atoms with Crippen molar-refractivity contribution in [2.75, 3.05) is 13.7 Å². The number of allylic oxidation sites excluding steroid dienone is 1. The number of aromatic nitrogens is 2. The molecule has 1 aliphatic rings. The Morgan fingerprint density at radius 2 is 1.81 bits per heavy atom. The molecule has 0 bridgehead atoms. The molecular formula is C35H28F3N3O6S. The van der Waals surface area contributed by atoms with Crippen LogP contribution in [0.5, 0.6) is 5.75 Å². The number of carbonyl (C=O) groups is 2. The summed E-state index contributed by atoms with van der Waals surface area (Å²) >= 11 is 0.761. The molecule has 5 aromatic rings. The van der Waals surface area contributed by atoms with Crippen molar-refractivity contribution in [2.45, 2.75) is 33.0 Å². The number of halogens is 3. The molecule has 2 aromatic heterocycles. The smallest absolute Gasteiger partial charge is 0.434 e. The van der Waals surface area contributed by atoms with Gasteiger partial charge in [0.1, 0.15) is 11.8 Å². The average Bonchev–Trinajstić information content (AvgIpc) is 3.52. The zero-order chi connectivity index (χ0) is 34.5. The van der Waals surface area contributed by atoms with Crippen molar-refractivity contribution in [3.05, 3.63) is 126 Å². The number of fused-ring (bicyclic) bond motifs is 2. The highest BCUT2D eigenvalue weighted by atomic mass is 32.1. The first kappa shape index (κ1) is 32.5. The molecule has 0 fully saturated rings. The van der Waals surface area contributed by atoms with Crippen LogP contribution >= 0.6 is 11.3 Å². The van der Waals surface area contributed by atoms with E-state index in [2.05, 4.69) is 4.99 Å². The third-order valence-electron chi connectivity index (χ3n) is 8.13. The van der Waals surface area contributed by atoms with Crippen LogP contribution in [-0.4, -0.2) is 46.1 Å². The van der Waals surface area contributed by atoms with Gasteiger partial charge in [0.2, 0.25) is 0 Å². The minimum absolute atomic E-state index is 0.0733. The highest BCUT2D eigenvalue weighted by Gasteiger charge is 2.46. The van der Waals surface area contributed by atoms with Crippen molar-refractivity contribution < 1.29 is 37.3 Å². The molecule has 0 unspecified atom stereocenters. The Bertz CT molecular complexity index is 2350. The summed E-state index contributed by atoms with van der Waals surface area (Å²) in [6.07, 6.45) is -3.51. The maximum atomic E-state index is 14.7. The van der Waals surface area contributed by atoms with Crippen LogP contribution in [-0.2, 0) is 9.53 Å². The molecule has 246 valence electrons. The number of thiazole rings is 1. The quantitative estimate of drug-likeness (QED) is 0.225. The fourth-order valence-electron chi connectivity index (χ4n) is 6.10. The van der Waals surface area contributed by atoms with Gasteiger partial charge in [0.15, 0.2) is 10.5 Å². The lowest BCUT2D eigenvalue weighted by atomic mass is 9.90. The standard InChI is InChI=1S/C35H28F3N3O6S/c1-5-47-33(45)28-29(27-24-12-7-6-9-20(24)13-14-25(27)46-4)41-31(42)26(48-34(41)39-30(28)35(36,37)38)17-22-15-18(2)40(19(22)3)23-11-8-10-21(16-23)32(43)44/h6-17,29H,5H2,1-4H3,(H,43,44)/b26-17-/t29-/m1/s1. The number of alkyl halides is 3. The number of hydrogen-bond acceptors (Lipinski definition) is 7. The molecule has 1 aliphatic heterocycles. The molecular weight excluding hydrogens is 647 g/mol. The molecule has 3 heterocycles. The summed E-state index contributed by atoms with van der Waals surface area (Å²) in [5, 5.41) is 10.6. The minimum atomic E-state index is -5.07. The number of rotatable bonds is 7. The zero-order valence-corrected chi connectivity index (χ0v) is 26.9. The van der Waals surface area contributed by atoms with Gasteiger partial charge in [-0.05, 0) is 73.5 Å². The molecule has 3 aromatic carbocycles. The van der Waals surface area contributed by atoms with Crippen LogP contribution in [0.25, 0.3) is 22.5 Å². The summed E-state index contributed by atoms with van der Waals surface area (Å²) in [6.45, 7) is 4.87. The molecule has 6 rings (SSSR count). The van der Waals surface area contributed by atoms with Crippen LogP contribution in [0.3, 0.4) is 0 Å². The molecule has 0 spiro atoms. The van der Waals surface area contributed by atoms with E-state index < -0.39 is 41.0 Å². The number of benzene rings is 3. The number of nitrogens with zero attached hydrogens (tertiary/aromatic N) is 3. The first-order chi connectivity index (χ1) is 22.8. The number of carbonyl (C=O) groups excluding carboxylic acids is 1. The van der Waals surface area contributed by atoms with Crippen molar-refractivity contribution >= 4 is 40.1 Å². The van der Waals surface area contributed by atoms with Crippen LogP contribution in [0.1, 0.15) is 45.8 Å². The zero-order valence-electron chi connectivity index (χ0n) is 26.1. The maximum absolute atomic E-state index is 14.7. The predicted octanol–water partition coefficient (Wildman–Crippen LogP) is 5.61.